The highest BCUT2D eigenvalue weighted by molar-refractivity contribution is 5.45. The average molecular weight is 409 g/mol. The van der Waals surface area contributed by atoms with Gasteiger partial charge >= 0.3 is 0 Å². The maximum absolute atomic E-state index is 6.18. The summed E-state index contributed by atoms with van der Waals surface area (Å²) in [6, 6.07) is 15.9. The monoisotopic (exact) mass is 408 g/mol. The van der Waals surface area contributed by atoms with Crippen LogP contribution >= 0.6 is 0 Å². The molecule has 0 amide bonds. The van der Waals surface area contributed by atoms with Crippen molar-refractivity contribution in [1.82, 2.24) is 9.80 Å². The Kier molecular flexibility index (Phi) is 5.68. The van der Waals surface area contributed by atoms with Crippen molar-refractivity contribution in [3.05, 3.63) is 59.2 Å². The highest BCUT2D eigenvalue weighted by Gasteiger charge is 2.33. The molecule has 0 spiro atoms. The van der Waals surface area contributed by atoms with Crippen LogP contribution in [0.25, 0.3) is 0 Å². The first-order chi connectivity index (χ1) is 14.7. The number of hydrogen-bond acceptors (Lipinski definition) is 5. The SMILES string of the molecule is COc1ccc(C2CN(C)Cc3cc(OCC4CN(C5CC5)CCO4)ccc32)cc1. The van der Waals surface area contributed by atoms with Gasteiger partial charge in [-0.2, -0.15) is 0 Å². The van der Waals surface area contributed by atoms with Crippen molar-refractivity contribution in [3.63, 3.8) is 0 Å². The van der Waals surface area contributed by atoms with Gasteiger partial charge in [-0.3, -0.25) is 4.90 Å². The van der Waals surface area contributed by atoms with Crippen LogP contribution in [0, 0.1) is 0 Å². The van der Waals surface area contributed by atoms with Crippen LogP contribution < -0.4 is 9.47 Å². The van der Waals surface area contributed by atoms with E-state index in [1.54, 1.807) is 7.11 Å². The van der Waals surface area contributed by atoms with Gasteiger partial charge in [0.05, 0.1) is 13.7 Å². The first kappa shape index (κ1) is 19.9. The third-order valence-electron chi connectivity index (χ3n) is 6.61. The quantitative estimate of drug-likeness (QED) is 0.731. The largest absolute Gasteiger partial charge is 0.497 e. The number of hydrogen-bond donors (Lipinski definition) is 0. The normalized spacial score (nSPS) is 25.0. The van der Waals surface area contributed by atoms with E-state index in [2.05, 4.69) is 59.3 Å². The molecule has 1 saturated carbocycles. The fraction of sp³-hybridized carbons (Fsp3) is 0.520. The number of rotatable bonds is 6. The third-order valence-corrected chi connectivity index (χ3v) is 6.61. The molecule has 5 nitrogen and oxygen atoms in total. The standard InChI is InChI=1S/C25H32N2O3/c1-26-14-19-13-22(30-17-23-15-27(11-12-29-23)20-5-6-20)9-10-24(19)25(16-26)18-3-7-21(28-2)8-4-18/h3-4,7-10,13,20,23,25H,5-6,11-12,14-17H2,1-2H3. The summed E-state index contributed by atoms with van der Waals surface area (Å²) in [6.07, 6.45) is 2.87. The lowest BCUT2D eigenvalue weighted by molar-refractivity contribution is -0.0504. The van der Waals surface area contributed by atoms with Crippen LogP contribution in [0.3, 0.4) is 0 Å². The molecule has 0 N–H and O–H groups in total. The van der Waals surface area contributed by atoms with Crippen LogP contribution in [0.2, 0.25) is 0 Å². The molecule has 5 rings (SSSR count). The number of likely N-dealkylation sites (N-methyl/N-ethyl adjacent to an activating group) is 1. The molecule has 5 heteroatoms. The van der Waals surface area contributed by atoms with Crippen molar-refractivity contribution in [1.29, 1.82) is 0 Å². The molecule has 3 aliphatic rings. The molecule has 2 fully saturated rings. The van der Waals surface area contributed by atoms with Gasteiger partial charge in [-0.05, 0) is 60.8 Å². The van der Waals surface area contributed by atoms with Gasteiger partial charge in [0.2, 0.25) is 0 Å². The van der Waals surface area contributed by atoms with Gasteiger partial charge in [0, 0.05) is 38.1 Å². The second-order valence-corrected chi connectivity index (χ2v) is 8.91. The lowest BCUT2D eigenvalue weighted by Crippen LogP contribution is -2.45. The van der Waals surface area contributed by atoms with Crippen molar-refractivity contribution in [3.8, 4) is 11.5 Å². The fourth-order valence-corrected chi connectivity index (χ4v) is 4.84. The Morgan fingerprint density at radius 3 is 2.60 bits per heavy atom. The van der Waals surface area contributed by atoms with Crippen LogP contribution in [0.4, 0.5) is 0 Å². The van der Waals surface area contributed by atoms with E-state index in [0.29, 0.717) is 12.5 Å². The first-order valence-corrected chi connectivity index (χ1v) is 11.1. The third kappa shape index (κ3) is 4.34. The maximum atomic E-state index is 6.18. The highest BCUT2D eigenvalue weighted by Crippen LogP contribution is 2.35. The zero-order valence-corrected chi connectivity index (χ0v) is 18.0. The topological polar surface area (TPSA) is 34.2 Å². The molecule has 2 aromatic rings. The maximum Gasteiger partial charge on any atom is 0.119 e. The molecule has 0 bridgehead atoms. The summed E-state index contributed by atoms with van der Waals surface area (Å²) in [4.78, 5) is 4.96. The van der Waals surface area contributed by atoms with Gasteiger partial charge in [0.15, 0.2) is 0 Å². The first-order valence-electron chi connectivity index (χ1n) is 11.1. The zero-order valence-electron chi connectivity index (χ0n) is 18.0. The lowest BCUT2D eigenvalue weighted by Gasteiger charge is -2.34. The van der Waals surface area contributed by atoms with E-state index in [-0.39, 0.29) is 6.10 Å². The Morgan fingerprint density at radius 2 is 1.83 bits per heavy atom. The smallest absolute Gasteiger partial charge is 0.119 e. The average Bonchev–Trinajstić information content (AvgIpc) is 3.63. The molecule has 1 saturated heterocycles. The van der Waals surface area contributed by atoms with Crippen molar-refractivity contribution in [2.45, 2.75) is 37.5 Å². The van der Waals surface area contributed by atoms with Crippen molar-refractivity contribution in [2.75, 3.05) is 47.0 Å². The Morgan fingerprint density at radius 1 is 1.03 bits per heavy atom. The van der Waals surface area contributed by atoms with E-state index in [0.717, 1.165) is 50.3 Å². The van der Waals surface area contributed by atoms with E-state index in [4.69, 9.17) is 14.2 Å². The molecular weight excluding hydrogens is 376 g/mol. The van der Waals surface area contributed by atoms with E-state index >= 15 is 0 Å². The minimum atomic E-state index is 0.171. The van der Waals surface area contributed by atoms with E-state index in [1.165, 1.54) is 29.5 Å². The zero-order chi connectivity index (χ0) is 20.5. The molecular formula is C25H32N2O3. The van der Waals surface area contributed by atoms with Gasteiger partial charge in [0.25, 0.3) is 0 Å². The summed E-state index contributed by atoms with van der Waals surface area (Å²) in [5.74, 6) is 2.22. The van der Waals surface area contributed by atoms with Crippen molar-refractivity contribution in [2.24, 2.45) is 0 Å². The Balaban J connectivity index is 1.28. The number of ether oxygens (including phenoxy) is 3. The van der Waals surface area contributed by atoms with E-state index in [1.807, 2.05) is 0 Å². The lowest BCUT2D eigenvalue weighted by atomic mass is 9.84. The van der Waals surface area contributed by atoms with E-state index < -0.39 is 0 Å². The predicted molar refractivity (Wildman–Crippen MR) is 117 cm³/mol. The number of methoxy groups -OCH3 is 1. The molecule has 0 aromatic heterocycles. The Bertz CT molecular complexity index is 865. The molecule has 2 unspecified atom stereocenters. The van der Waals surface area contributed by atoms with E-state index in [9.17, 15) is 0 Å². The van der Waals surface area contributed by atoms with Crippen LogP contribution in [-0.2, 0) is 11.3 Å². The Hall–Kier alpha value is -2.08. The molecule has 160 valence electrons. The molecule has 30 heavy (non-hydrogen) atoms. The second-order valence-electron chi connectivity index (χ2n) is 8.91. The van der Waals surface area contributed by atoms with Crippen LogP contribution in [0.1, 0.15) is 35.4 Å². The summed E-state index contributed by atoms with van der Waals surface area (Å²) in [7, 11) is 3.90. The molecule has 1 aliphatic carbocycles. The summed E-state index contributed by atoms with van der Waals surface area (Å²) >= 11 is 0. The van der Waals surface area contributed by atoms with Crippen LogP contribution in [0.15, 0.2) is 42.5 Å². The summed E-state index contributed by atoms with van der Waals surface area (Å²) < 4.78 is 17.4. The predicted octanol–water partition coefficient (Wildman–Crippen LogP) is 3.51. The Labute approximate surface area is 179 Å². The fourth-order valence-electron chi connectivity index (χ4n) is 4.84. The van der Waals surface area contributed by atoms with Gasteiger partial charge < -0.3 is 19.1 Å². The molecule has 2 aliphatic heterocycles. The second kappa shape index (κ2) is 8.58. The summed E-state index contributed by atoms with van der Waals surface area (Å²) in [6.45, 7) is 5.49. The minimum Gasteiger partial charge on any atom is -0.497 e. The molecule has 2 atom stereocenters. The van der Waals surface area contributed by atoms with Crippen molar-refractivity contribution >= 4 is 0 Å². The highest BCUT2D eigenvalue weighted by atomic mass is 16.5. The van der Waals surface area contributed by atoms with Crippen LogP contribution in [-0.4, -0.2) is 69.0 Å². The summed E-state index contributed by atoms with van der Waals surface area (Å²) in [5, 5.41) is 0. The van der Waals surface area contributed by atoms with Gasteiger partial charge in [0.1, 0.15) is 24.2 Å². The van der Waals surface area contributed by atoms with Gasteiger partial charge in [-0.25, -0.2) is 0 Å². The number of fused-ring (bicyclic) bond motifs is 1. The summed E-state index contributed by atoms with van der Waals surface area (Å²) in [5.41, 5.74) is 4.08. The van der Waals surface area contributed by atoms with Crippen molar-refractivity contribution < 1.29 is 14.2 Å². The molecule has 0 radical (unpaired) electrons. The number of morpholine rings is 1. The molecule has 2 aromatic carbocycles. The number of benzene rings is 2. The molecule has 2 heterocycles. The number of nitrogens with zero attached hydrogens (tertiary/aromatic N) is 2. The minimum absolute atomic E-state index is 0.171. The van der Waals surface area contributed by atoms with Gasteiger partial charge in [-0.15, -0.1) is 0 Å². The van der Waals surface area contributed by atoms with Gasteiger partial charge in [-0.1, -0.05) is 18.2 Å². The van der Waals surface area contributed by atoms with Crippen LogP contribution in [0.5, 0.6) is 11.5 Å².